The van der Waals surface area contributed by atoms with Gasteiger partial charge in [-0.25, -0.2) is 0 Å². The molecule has 3 heterocycles. The van der Waals surface area contributed by atoms with Crippen LogP contribution in [0.25, 0.3) is 16.7 Å². The summed E-state index contributed by atoms with van der Waals surface area (Å²) in [4.78, 5) is 12.3. The lowest BCUT2D eigenvalue weighted by molar-refractivity contribution is -0.113. The van der Waals surface area contributed by atoms with Gasteiger partial charge in [-0.1, -0.05) is 41.0 Å². The van der Waals surface area contributed by atoms with E-state index < -0.39 is 0 Å². The van der Waals surface area contributed by atoms with E-state index in [9.17, 15) is 4.79 Å². The molecule has 0 aliphatic carbocycles. The van der Waals surface area contributed by atoms with Crippen LogP contribution in [0, 0.1) is 0 Å². The first-order chi connectivity index (χ1) is 12.1. The number of amides is 1. The van der Waals surface area contributed by atoms with E-state index in [0.717, 1.165) is 17.2 Å². The van der Waals surface area contributed by atoms with Gasteiger partial charge in [0.25, 0.3) is 0 Å². The van der Waals surface area contributed by atoms with Crippen LogP contribution in [0.15, 0.2) is 35.6 Å². The van der Waals surface area contributed by atoms with Crippen molar-refractivity contribution in [3.8, 4) is 0 Å². The van der Waals surface area contributed by atoms with E-state index in [1.54, 1.807) is 22.7 Å². The smallest absolute Gasteiger partial charge is 0.234 e. The van der Waals surface area contributed by atoms with Crippen LogP contribution < -0.4 is 5.32 Å². The van der Waals surface area contributed by atoms with Crippen molar-refractivity contribution in [3.63, 3.8) is 0 Å². The number of carbonyl (C=O) groups excluding carboxylic acids is 1. The zero-order valence-electron chi connectivity index (χ0n) is 12.3. The number of hydrogen-bond acceptors (Lipinski definition) is 7. The first-order valence-electron chi connectivity index (χ1n) is 6.95. The quantitative estimate of drug-likeness (QED) is 0.515. The second-order valence-corrected chi connectivity index (χ2v) is 7.27. The van der Waals surface area contributed by atoms with Crippen molar-refractivity contribution >= 4 is 75.0 Å². The highest BCUT2D eigenvalue weighted by Gasteiger charge is 2.13. The van der Waals surface area contributed by atoms with E-state index in [0.29, 0.717) is 32.1 Å². The zero-order chi connectivity index (χ0) is 17.4. The molecule has 0 saturated heterocycles. The fourth-order valence-corrected chi connectivity index (χ4v) is 3.99. The molecule has 4 aromatic rings. The average Bonchev–Trinajstić information content (AvgIpc) is 3.20. The second kappa shape index (κ2) is 6.75. The lowest BCUT2D eigenvalue weighted by Gasteiger charge is -2.05. The van der Waals surface area contributed by atoms with Gasteiger partial charge in [-0.2, -0.15) is 8.75 Å². The molecule has 126 valence electrons. The summed E-state index contributed by atoms with van der Waals surface area (Å²) >= 11 is 14.4. The molecule has 0 aliphatic rings. The summed E-state index contributed by atoms with van der Waals surface area (Å²) in [6, 6.07) is 7.05. The van der Waals surface area contributed by atoms with E-state index in [4.69, 9.17) is 23.2 Å². The van der Waals surface area contributed by atoms with Gasteiger partial charge in [0.05, 0.1) is 33.2 Å². The maximum absolute atomic E-state index is 12.3. The topological polar surface area (TPSA) is 85.1 Å². The van der Waals surface area contributed by atoms with Crippen LogP contribution in [-0.4, -0.2) is 35.0 Å². The molecule has 1 N–H and O–H groups in total. The van der Waals surface area contributed by atoms with Crippen LogP contribution in [0.1, 0.15) is 0 Å². The number of anilines is 1. The average molecular weight is 411 g/mol. The predicted molar refractivity (Wildman–Crippen MR) is 99.8 cm³/mol. The molecule has 3 aromatic heterocycles. The first-order valence-corrected chi connectivity index (χ1v) is 9.43. The monoisotopic (exact) mass is 410 g/mol. The van der Waals surface area contributed by atoms with Crippen molar-refractivity contribution in [3.05, 3.63) is 40.5 Å². The SMILES string of the molecule is O=C(CSc1nnc2c(Cl)cc(Cl)cn12)Nc1cccc2nsnc12. The summed E-state index contributed by atoms with van der Waals surface area (Å²) in [5.74, 6) is -0.0332. The van der Waals surface area contributed by atoms with Gasteiger partial charge in [0.15, 0.2) is 10.8 Å². The van der Waals surface area contributed by atoms with Crippen molar-refractivity contribution in [2.24, 2.45) is 0 Å². The summed E-state index contributed by atoms with van der Waals surface area (Å²) in [5.41, 5.74) is 2.56. The fraction of sp³-hybridized carbons (Fsp3) is 0.0714. The number of nitrogens with zero attached hydrogens (tertiary/aromatic N) is 5. The van der Waals surface area contributed by atoms with E-state index in [1.165, 1.54) is 11.8 Å². The molecule has 0 atom stereocenters. The number of pyridine rings is 1. The predicted octanol–water partition coefficient (Wildman–Crippen LogP) is 3.77. The van der Waals surface area contributed by atoms with E-state index in [2.05, 4.69) is 24.3 Å². The molecule has 11 heteroatoms. The Labute approximate surface area is 159 Å². The van der Waals surface area contributed by atoms with Crippen molar-refractivity contribution in [1.29, 1.82) is 0 Å². The molecule has 1 aromatic carbocycles. The highest BCUT2D eigenvalue weighted by molar-refractivity contribution is 7.99. The molecular weight excluding hydrogens is 403 g/mol. The zero-order valence-corrected chi connectivity index (χ0v) is 15.5. The Morgan fingerprint density at radius 3 is 3.04 bits per heavy atom. The van der Waals surface area contributed by atoms with Gasteiger partial charge < -0.3 is 5.32 Å². The Hall–Kier alpha value is -1.94. The Balaban J connectivity index is 1.50. The summed E-state index contributed by atoms with van der Waals surface area (Å²) < 4.78 is 10.0. The molecule has 0 unspecified atom stereocenters. The first kappa shape index (κ1) is 16.5. The molecule has 25 heavy (non-hydrogen) atoms. The lowest BCUT2D eigenvalue weighted by Crippen LogP contribution is -2.14. The largest absolute Gasteiger partial charge is 0.323 e. The minimum absolute atomic E-state index is 0.152. The van der Waals surface area contributed by atoms with Crippen LogP contribution >= 0.6 is 46.7 Å². The molecule has 0 aliphatic heterocycles. The van der Waals surface area contributed by atoms with Crippen LogP contribution in [0.2, 0.25) is 10.0 Å². The maximum Gasteiger partial charge on any atom is 0.234 e. The number of hydrogen-bond donors (Lipinski definition) is 1. The van der Waals surface area contributed by atoms with Crippen LogP contribution in [0.5, 0.6) is 0 Å². The van der Waals surface area contributed by atoms with Gasteiger partial charge in [0.2, 0.25) is 5.91 Å². The minimum atomic E-state index is -0.185. The van der Waals surface area contributed by atoms with Gasteiger partial charge >= 0.3 is 0 Å². The number of fused-ring (bicyclic) bond motifs is 2. The van der Waals surface area contributed by atoms with Crippen molar-refractivity contribution in [2.75, 3.05) is 11.1 Å². The van der Waals surface area contributed by atoms with E-state index in [-0.39, 0.29) is 11.7 Å². The standard InChI is InChI=1S/C14H8Cl2N6OS2/c15-7-4-8(16)13-18-19-14(22(13)5-7)24-6-11(23)17-9-2-1-3-10-12(9)21-25-20-10/h1-5H,6H2,(H,17,23). The van der Waals surface area contributed by atoms with Crippen LogP contribution in [0.3, 0.4) is 0 Å². The highest BCUT2D eigenvalue weighted by atomic mass is 35.5. The molecule has 7 nitrogen and oxygen atoms in total. The van der Waals surface area contributed by atoms with Crippen LogP contribution in [0.4, 0.5) is 5.69 Å². The Morgan fingerprint density at radius 2 is 2.16 bits per heavy atom. The number of rotatable bonds is 4. The Kier molecular flexibility index (Phi) is 4.46. The fourth-order valence-electron chi connectivity index (χ4n) is 2.22. The lowest BCUT2D eigenvalue weighted by atomic mass is 10.2. The van der Waals surface area contributed by atoms with Crippen LogP contribution in [-0.2, 0) is 4.79 Å². The summed E-state index contributed by atoms with van der Waals surface area (Å²) in [6.45, 7) is 0. The van der Waals surface area contributed by atoms with E-state index >= 15 is 0 Å². The van der Waals surface area contributed by atoms with E-state index in [1.807, 2.05) is 12.1 Å². The van der Waals surface area contributed by atoms with Gasteiger partial charge in [0.1, 0.15) is 11.0 Å². The third-order valence-electron chi connectivity index (χ3n) is 3.29. The number of halogens is 2. The summed E-state index contributed by atoms with van der Waals surface area (Å²) in [7, 11) is 0. The molecule has 0 fully saturated rings. The maximum atomic E-state index is 12.3. The number of aromatic nitrogens is 5. The number of benzene rings is 1. The number of nitrogens with one attached hydrogen (secondary N) is 1. The Morgan fingerprint density at radius 1 is 1.28 bits per heavy atom. The molecule has 0 radical (unpaired) electrons. The van der Waals surface area contributed by atoms with Gasteiger partial charge in [-0.3, -0.25) is 9.20 Å². The van der Waals surface area contributed by atoms with Gasteiger partial charge in [-0.05, 0) is 18.2 Å². The highest BCUT2D eigenvalue weighted by Crippen LogP contribution is 2.26. The third kappa shape index (κ3) is 3.28. The molecule has 0 saturated carbocycles. The molecule has 4 rings (SSSR count). The normalized spacial score (nSPS) is 11.3. The van der Waals surface area contributed by atoms with Crippen molar-refractivity contribution < 1.29 is 4.79 Å². The molecule has 1 amide bonds. The number of carbonyl (C=O) groups is 1. The van der Waals surface area contributed by atoms with Crippen molar-refractivity contribution in [1.82, 2.24) is 23.3 Å². The summed E-state index contributed by atoms with van der Waals surface area (Å²) in [6.07, 6.45) is 1.66. The van der Waals surface area contributed by atoms with Crippen molar-refractivity contribution in [2.45, 2.75) is 5.16 Å². The summed E-state index contributed by atoms with van der Waals surface area (Å²) in [5, 5.41) is 12.3. The van der Waals surface area contributed by atoms with Gasteiger partial charge in [-0.15, -0.1) is 10.2 Å². The second-order valence-electron chi connectivity index (χ2n) is 4.96. The molecule has 0 spiro atoms. The van der Waals surface area contributed by atoms with Gasteiger partial charge in [0, 0.05) is 6.20 Å². The Bertz CT molecular complexity index is 1100. The molecule has 0 bridgehead atoms. The number of thioether (sulfide) groups is 1. The molecular formula is C14H8Cl2N6OS2. The minimum Gasteiger partial charge on any atom is -0.323 e. The third-order valence-corrected chi connectivity index (χ3v) is 5.26.